The van der Waals surface area contributed by atoms with E-state index in [9.17, 15) is 8.42 Å². The molecule has 1 aromatic carbocycles. The summed E-state index contributed by atoms with van der Waals surface area (Å²) in [5, 5.41) is 8.93. The third kappa shape index (κ3) is 4.19. The lowest BCUT2D eigenvalue weighted by molar-refractivity contribution is -0.0492. The minimum absolute atomic E-state index is 0.0651. The van der Waals surface area contributed by atoms with Gasteiger partial charge in [-0.2, -0.15) is 0 Å². The highest BCUT2D eigenvalue weighted by molar-refractivity contribution is 7.89. The molecule has 0 aromatic heterocycles. The lowest BCUT2D eigenvalue weighted by Gasteiger charge is -2.29. The van der Waals surface area contributed by atoms with Crippen molar-refractivity contribution in [2.45, 2.75) is 36.2 Å². The van der Waals surface area contributed by atoms with E-state index in [1.165, 1.54) is 19.2 Å². The van der Waals surface area contributed by atoms with Gasteiger partial charge in [-0.25, -0.2) is 13.1 Å². The number of hydrogen-bond acceptors (Lipinski definition) is 5. The summed E-state index contributed by atoms with van der Waals surface area (Å²) in [6.07, 6.45) is 3.61. The number of methoxy groups -OCH3 is 1. The Bertz CT molecular complexity index is 581. The standard InChI is InChI=1S/C15H23NO5S/c1-20-13-5-4-6-14(11-13)22(18,19)16-12-15(21-10-9-17)7-2-3-8-15/h4-6,11,16-17H,2-3,7-10,12H2,1H3. The molecule has 0 atom stereocenters. The van der Waals surface area contributed by atoms with E-state index in [4.69, 9.17) is 14.6 Å². The molecule has 1 saturated carbocycles. The van der Waals surface area contributed by atoms with Gasteiger partial charge < -0.3 is 14.6 Å². The molecule has 1 aromatic rings. The molecule has 0 spiro atoms. The van der Waals surface area contributed by atoms with Crippen LogP contribution < -0.4 is 9.46 Å². The zero-order valence-electron chi connectivity index (χ0n) is 12.7. The summed E-state index contributed by atoms with van der Waals surface area (Å²) in [6.45, 7) is 0.373. The molecular weight excluding hydrogens is 306 g/mol. The minimum Gasteiger partial charge on any atom is -0.497 e. The topological polar surface area (TPSA) is 84.9 Å². The molecule has 124 valence electrons. The number of benzene rings is 1. The molecule has 22 heavy (non-hydrogen) atoms. The van der Waals surface area contributed by atoms with Crippen molar-refractivity contribution in [3.05, 3.63) is 24.3 Å². The lowest BCUT2D eigenvalue weighted by atomic mass is 10.0. The highest BCUT2D eigenvalue weighted by Gasteiger charge is 2.36. The van der Waals surface area contributed by atoms with Crippen LogP contribution in [-0.4, -0.2) is 46.0 Å². The predicted molar refractivity (Wildman–Crippen MR) is 82.4 cm³/mol. The van der Waals surface area contributed by atoms with Gasteiger partial charge in [0.15, 0.2) is 0 Å². The zero-order chi connectivity index (χ0) is 16.1. The van der Waals surface area contributed by atoms with Crippen molar-refractivity contribution in [1.82, 2.24) is 4.72 Å². The number of aliphatic hydroxyl groups is 1. The van der Waals surface area contributed by atoms with Crippen LogP contribution in [0, 0.1) is 0 Å². The van der Waals surface area contributed by atoms with Gasteiger partial charge in [0, 0.05) is 12.6 Å². The Morgan fingerprint density at radius 3 is 2.68 bits per heavy atom. The molecule has 2 rings (SSSR count). The van der Waals surface area contributed by atoms with Crippen molar-refractivity contribution in [2.24, 2.45) is 0 Å². The maximum atomic E-state index is 12.4. The third-order valence-corrected chi connectivity index (χ3v) is 5.35. The molecule has 0 radical (unpaired) electrons. The molecule has 1 aliphatic rings. The largest absolute Gasteiger partial charge is 0.497 e. The first-order valence-corrected chi connectivity index (χ1v) is 8.88. The van der Waals surface area contributed by atoms with Gasteiger partial charge in [-0.15, -0.1) is 0 Å². The van der Waals surface area contributed by atoms with Gasteiger partial charge in [0.05, 0.1) is 30.8 Å². The second kappa shape index (κ2) is 7.41. The maximum Gasteiger partial charge on any atom is 0.240 e. The van der Waals surface area contributed by atoms with Crippen molar-refractivity contribution in [3.8, 4) is 5.75 Å². The average Bonchev–Trinajstić information content (AvgIpc) is 3.01. The van der Waals surface area contributed by atoms with Crippen molar-refractivity contribution < 1.29 is 23.0 Å². The van der Waals surface area contributed by atoms with Crippen molar-refractivity contribution in [3.63, 3.8) is 0 Å². The van der Waals surface area contributed by atoms with Gasteiger partial charge in [0.25, 0.3) is 0 Å². The molecule has 0 bridgehead atoms. The van der Waals surface area contributed by atoms with Crippen LogP contribution in [0.5, 0.6) is 5.75 Å². The van der Waals surface area contributed by atoms with E-state index >= 15 is 0 Å². The van der Waals surface area contributed by atoms with E-state index in [0.717, 1.165) is 25.7 Å². The second-order valence-corrected chi connectivity index (χ2v) is 7.23. The number of aliphatic hydroxyl groups excluding tert-OH is 1. The first-order chi connectivity index (χ1) is 10.5. The SMILES string of the molecule is COc1cccc(S(=O)(=O)NCC2(OCCO)CCCC2)c1. The van der Waals surface area contributed by atoms with Crippen molar-refractivity contribution in [1.29, 1.82) is 0 Å². The first kappa shape index (κ1) is 17.2. The summed E-state index contributed by atoms with van der Waals surface area (Å²) in [6, 6.07) is 6.35. The molecule has 0 aliphatic heterocycles. The fourth-order valence-corrected chi connectivity index (χ4v) is 3.88. The van der Waals surface area contributed by atoms with Gasteiger partial charge in [-0.3, -0.25) is 0 Å². The molecule has 0 amide bonds. The second-order valence-electron chi connectivity index (χ2n) is 5.47. The summed E-state index contributed by atoms with van der Waals surface area (Å²) in [4.78, 5) is 0.169. The monoisotopic (exact) mass is 329 g/mol. The van der Waals surface area contributed by atoms with Gasteiger partial charge in [0.1, 0.15) is 5.75 Å². The normalized spacial score (nSPS) is 17.5. The highest BCUT2D eigenvalue weighted by atomic mass is 32.2. The van der Waals surface area contributed by atoms with Crippen LogP contribution in [0.25, 0.3) is 0 Å². The Morgan fingerprint density at radius 1 is 1.32 bits per heavy atom. The fourth-order valence-electron chi connectivity index (χ4n) is 2.73. The quantitative estimate of drug-likeness (QED) is 0.751. The third-order valence-electron chi connectivity index (χ3n) is 3.95. The van der Waals surface area contributed by atoms with E-state index in [0.29, 0.717) is 5.75 Å². The molecule has 0 unspecified atom stereocenters. The Hall–Kier alpha value is -1.15. The molecule has 0 saturated heterocycles. The summed E-state index contributed by atoms with van der Waals surface area (Å²) in [5.41, 5.74) is -0.505. The summed E-state index contributed by atoms with van der Waals surface area (Å²) < 4.78 is 38.2. The molecule has 0 heterocycles. The number of sulfonamides is 1. The zero-order valence-corrected chi connectivity index (χ0v) is 13.6. The van der Waals surface area contributed by atoms with E-state index in [1.54, 1.807) is 12.1 Å². The van der Waals surface area contributed by atoms with Crippen LogP contribution in [0.1, 0.15) is 25.7 Å². The number of rotatable bonds is 8. The maximum absolute atomic E-state index is 12.4. The number of ether oxygens (including phenoxy) is 2. The predicted octanol–water partition coefficient (Wildman–Crippen LogP) is 1.30. The smallest absolute Gasteiger partial charge is 0.240 e. The Labute approximate surface area is 131 Å². The van der Waals surface area contributed by atoms with Gasteiger partial charge in [-0.1, -0.05) is 18.9 Å². The van der Waals surface area contributed by atoms with Gasteiger partial charge in [0.2, 0.25) is 10.0 Å². The van der Waals surface area contributed by atoms with E-state index < -0.39 is 15.6 Å². The summed E-state index contributed by atoms with van der Waals surface area (Å²) >= 11 is 0. The highest BCUT2D eigenvalue weighted by Crippen LogP contribution is 2.33. The summed E-state index contributed by atoms with van der Waals surface area (Å²) in [7, 11) is -2.12. The molecule has 7 heteroatoms. The van der Waals surface area contributed by atoms with Crippen molar-refractivity contribution >= 4 is 10.0 Å². The lowest BCUT2D eigenvalue weighted by Crippen LogP contribution is -2.43. The molecule has 2 N–H and O–H groups in total. The van der Waals surface area contributed by atoms with Gasteiger partial charge in [-0.05, 0) is 25.0 Å². The van der Waals surface area contributed by atoms with E-state index in [-0.39, 0.29) is 24.7 Å². The van der Waals surface area contributed by atoms with E-state index in [1.807, 2.05) is 0 Å². The fraction of sp³-hybridized carbons (Fsp3) is 0.600. The van der Waals surface area contributed by atoms with Crippen LogP contribution in [0.15, 0.2) is 29.2 Å². The van der Waals surface area contributed by atoms with Crippen LogP contribution in [0.4, 0.5) is 0 Å². The first-order valence-electron chi connectivity index (χ1n) is 7.40. The van der Waals surface area contributed by atoms with Crippen LogP contribution >= 0.6 is 0 Å². The van der Waals surface area contributed by atoms with Crippen molar-refractivity contribution in [2.75, 3.05) is 26.9 Å². The Kier molecular flexibility index (Phi) is 5.80. The minimum atomic E-state index is -3.62. The molecule has 6 nitrogen and oxygen atoms in total. The number of hydrogen-bond donors (Lipinski definition) is 2. The Balaban J connectivity index is 2.07. The Morgan fingerprint density at radius 2 is 2.05 bits per heavy atom. The van der Waals surface area contributed by atoms with Crippen LogP contribution in [0.2, 0.25) is 0 Å². The van der Waals surface area contributed by atoms with E-state index in [2.05, 4.69) is 4.72 Å². The average molecular weight is 329 g/mol. The van der Waals surface area contributed by atoms with Crippen LogP contribution in [-0.2, 0) is 14.8 Å². The molecule has 1 aliphatic carbocycles. The molecule has 1 fully saturated rings. The number of nitrogens with one attached hydrogen (secondary N) is 1. The van der Waals surface area contributed by atoms with Crippen LogP contribution in [0.3, 0.4) is 0 Å². The summed E-state index contributed by atoms with van der Waals surface area (Å²) in [5.74, 6) is 0.495. The molecular formula is C15H23NO5S. The van der Waals surface area contributed by atoms with Gasteiger partial charge >= 0.3 is 0 Å².